The topological polar surface area (TPSA) is 29.1 Å². The van der Waals surface area contributed by atoms with Crippen LogP contribution in [-0.4, -0.2) is 11.8 Å². The summed E-state index contributed by atoms with van der Waals surface area (Å²) in [6.45, 7) is 1.53. The average Bonchev–Trinajstić information content (AvgIpc) is 3.18. The van der Waals surface area contributed by atoms with E-state index in [-0.39, 0.29) is 5.91 Å². The van der Waals surface area contributed by atoms with Crippen molar-refractivity contribution in [1.29, 1.82) is 0 Å². The summed E-state index contributed by atoms with van der Waals surface area (Å²) in [5.74, 6) is -2.48. The molecule has 0 fully saturated rings. The quantitative estimate of drug-likeness (QED) is 0.312. The first-order valence-corrected chi connectivity index (χ1v) is 25.8. The molecule has 1 amide bonds. The number of rotatable bonds is 5. The maximum atomic E-state index is 12.7. The molecule has 0 heterocycles. The van der Waals surface area contributed by atoms with Crippen molar-refractivity contribution in [3.63, 3.8) is 0 Å². The molecule has 0 bridgehead atoms. The average molecular weight is 569 g/mol. The SMILES string of the molecule is CC(=O)[NH][Zr]([Cl])([Cl])([c]1cccc2c1Cc1ccccc1-2)[SiH](c1ccccc1)c1ccccc1. The van der Waals surface area contributed by atoms with Crippen molar-refractivity contribution >= 4 is 42.5 Å². The van der Waals surface area contributed by atoms with E-state index in [0.29, 0.717) is 0 Å². The molecule has 0 aromatic heterocycles. The second-order valence-electron chi connectivity index (χ2n) is 8.68. The molecule has 0 saturated heterocycles. The summed E-state index contributed by atoms with van der Waals surface area (Å²) in [5, 5.41) is 2.28. The van der Waals surface area contributed by atoms with E-state index in [2.05, 4.69) is 63.9 Å². The van der Waals surface area contributed by atoms with Crippen LogP contribution in [0.15, 0.2) is 103 Å². The van der Waals surface area contributed by atoms with Gasteiger partial charge in [-0.25, -0.2) is 0 Å². The van der Waals surface area contributed by atoms with Crippen molar-refractivity contribution in [3.05, 3.63) is 114 Å². The van der Waals surface area contributed by atoms with Gasteiger partial charge in [-0.05, 0) is 0 Å². The Bertz CT molecular complexity index is 1310. The predicted octanol–water partition coefficient (Wildman–Crippen LogP) is 4.47. The molecule has 0 saturated carbocycles. The minimum atomic E-state index is -5.23. The van der Waals surface area contributed by atoms with Gasteiger partial charge in [0.05, 0.1) is 0 Å². The van der Waals surface area contributed by atoms with Crippen LogP contribution in [-0.2, 0) is 27.1 Å². The van der Waals surface area contributed by atoms with Crippen molar-refractivity contribution in [2.45, 2.75) is 13.3 Å². The first-order chi connectivity index (χ1) is 15.9. The van der Waals surface area contributed by atoms with Gasteiger partial charge in [0.2, 0.25) is 0 Å². The van der Waals surface area contributed by atoms with Crippen LogP contribution in [0.3, 0.4) is 0 Å². The van der Waals surface area contributed by atoms with Crippen molar-refractivity contribution in [1.82, 2.24) is 3.26 Å². The van der Waals surface area contributed by atoms with E-state index in [1.807, 2.05) is 42.5 Å². The summed E-state index contributed by atoms with van der Waals surface area (Å²) >= 11 is -5.23. The zero-order valence-electron chi connectivity index (χ0n) is 18.3. The monoisotopic (exact) mass is 566 g/mol. The van der Waals surface area contributed by atoms with Crippen molar-refractivity contribution < 1.29 is 20.6 Å². The normalized spacial score (nSPS) is 13.6. The predicted molar refractivity (Wildman–Crippen MR) is 139 cm³/mol. The first kappa shape index (κ1) is 22.8. The number of fused-ring (bicyclic) bond motifs is 3. The van der Waals surface area contributed by atoms with E-state index in [4.69, 9.17) is 17.0 Å². The molecule has 4 aromatic rings. The molecule has 1 N–H and O–H groups in total. The molecule has 4 aromatic carbocycles. The zero-order chi connectivity index (χ0) is 23.1. The van der Waals surface area contributed by atoms with E-state index in [9.17, 15) is 4.79 Å². The Labute approximate surface area is 203 Å². The number of halogens is 2. The Balaban J connectivity index is 1.82. The number of benzene rings is 4. The van der Waals surface area contributed by atoms with E-state index < -0.39 is 21.8 Å². The fourth-order valence-electron chi connectivity index (χ4n) is 5.27. The molecule has 0 atom stereocenters. The number of hydrogen-bond acceptors (Lipinski definition) is 1. The van der Waals surface area contributed by atoms with Crippen molar-refractivity contribution in [2.24, 2.45) is 0 Å². The summed E-state index contributed by atoms with van der Waals surface area (Å²) in [6, 6.07) is 35.3. The number of carbonyl (C=O) groups is 1. The summed E-state index contributed by atoms with van der Waals surface area (Å²) in [4.78, 5) is 12.7. The van der Waals surface area contributed by atoms with Crippen LogP contribution in [0.4, 0.5) is 0 Å². The number of amides is 1. The fraction of sp³-hybridized carbons (Fsp3) is 0.0741. The summed E-state index contributed by atoms with van der Waals surface area (Å²) in [6.07, 6.45) is 0.773. The summed E-state index contributed by atoms with van der Waals surface area (Å²) < 4.78 is 4.23. The van der Waals surface area contributed by atoms with Gasteiger partial charge in [0.15, 0.2) is 0 Å². The Morgan fingerprint density at radius 1 is 0.758 bits per heavy atom. The van der Waals surface area contributed by atoms with Gasteiger partial charge >= 0.3 is 205 Å². The third-order valence-corrected chi connectivity index (χ3v) is 41.6. The molecule has 2 nitrogen and oxygen atoms in total. The molecule has 1 aliphatic rings. The third kappa shape index (κ3) is 3.98. The van der Waals surface area contributed by atoms with Gasteiger partial charge in [-0.1, -0.05) is 0 Å². The van der Waals surface area contributed by atoms with Gasteiger partial charge < -0.3 is 0 Å². The van der Waals surface area contributed by atoms with Gasteiger partial charge in [-0.3, -0.25) is 0 Å². The van der Waals surface area contributed by atoms with Crippen LogP contribution in [0, 0.1) is 0 Å². The Hall–Kier alpha value is -1.97. The second-order valence-corrected chi connectivity index (χ2v) is 44.0. The van der Waals surface area contributed by atoms with Crippen LogP contribution in [0.2, 0.25) is 0 Å². The first-order valence-electron chi connectivity index (χ1n) is 11.0. The molecule has 0 spiro atoms. The summed E-state index contributed by atoms with van der Waals surface area (Å²) in [7, 11) is 15.8. The molecule has 33 heavy (non-hydrogen) atoms. The Morgan fingerprint density at radius 3 is 1.91 bits per heavy atom. The fourth-order valence-corrected chi connectivity index (χ4v) is 43.6. The minimum absolute atomic E-state index is 0.178. The van der Waals surface area contributed by atoms with Crippen LogP contribution >= 0.6 is 17.0 Å². The molecule has 0 radical (unpaired) electrons. The van der Waals surface area contributed by atoms with Gasteiger partial charge in [0, 0.05) is 0 Å². The number of nitrogens with one attached hydrogen (secondary N) is 1. The molecule has 0 aliphatic heterocycles. The van der Waals surface area contributed by atoms with Gasteiger partial charge in [0.1, 0.15) is 0 Å². The van der Waals surface area contributed by atoms with E-state index in [0.717, 1.165) is 25.6 Å². The van der Waals surface area contributed by atoms with Gasteiger partial charge in [0.25, 0.3) is 0 Å². The third-order valence-electron chi connectivity index (χ3n) is 6.52. The van der Waals surface area contributed by atoms with Gasteiger partial charge in [-0.2, -0.15) is 0 Å². The van der Waals surface area contributed by atoms with E-state index in [1.54, 1.807) is 0 Å². The molecular formula is C27H24Cl2NOSiZr. The second kappa shape index (κ2) is 8.67. The Kier molecular flexibility index (Phi) is 5.99. The molecule has 5 rings (SSSR count). The number of carbonyl (C=O) groups excluding carboxylic acids is 1. The van der Waals surface area contributed by atoms with Crippen LogP contribution in [0.25, 0.3) is 11.1 Å². The van der Waals surface area contributed by atoms with E-state index in [1.165, 1.54) is 23.6 Å². The van der Waals surface area contributed by atoms with Crippen LogP contribution < -0.4 is 16.9 Å². The molecule has 6 heteroatoms. The maximum absolute atomic E-state index is 12.7. The van der Waals surface area contributed by atoms with Crippen LogP contribution in [0.1, 0.15) is 18.1 Å². The molecule has 0 unspecified atom stereocenters. The Morgan fingerprint density at radius 2 is 1.30 bits per heavy atom. The molecule has 165 valence electrons. The van der Waals surface area contributed by atoms with Crippen LogP contribution in [0.5, 0.6) is 0 Å². The molecule has 1 aliphatic carbocycles. The summed E-state index contributed by atoms with van der Waals surface area (Å²) in [5.41, 5.74) is 4.82. The molecular weight excluding hydrogens is 545 g/mol. The van der Waals surface area contributed by atoms with Crippen molar-refractivity contribution in [2.75, 3.05) is 0 Å². The number of hydrogen-bond donors (Lipinski definition) is 1. The van der Waals surface area contributed by atoms with Gasteiger partial charge in [-0.15, -0.1) is 0 Å². The standard InChI is InChI=1S/C13H9.C12H11Si.C2H5NO.2ClH.Zr/c1-3-7-12-10(5-1)9-11-6-2-4-8-13(11)12;1-3-7-11(8-4-1)13-12-9-5-2-6-10-12;1-2(3)4;;;/h1-5,7-8H,9H2;1-10,13H;1H3,(H2,3,4);2*1H;/q;;;;;+3/p-3. The van der Waals surface area contributed by atoms with Crippen molar-refractivity contribution in [3.8, 4) is 11.1 Å². The van der Waals surface area contributed by atoms with E-state index >= 15 is 0 Å². The zero-order valence-corrected chi connectivity index (χ0v) is 23.4.